The fourth-order valence-electron chi connectivity index (χ4n) is 10.3. The van der Waals surface area contributed by atoms with Crippen LogP contribution in [0.1, 0.15) is 58.2 Å². The SMILES string of the molecule is Cc1cc2c3c(c1)N(c1cc(-c4ccccc4)cc(-c4ccccc4)c1)c1cc(C(C)(C)C)ccc1B3c1ccc(C(C)(C)C)cc1N2c1cc(-c2ccccc2)cc(-c2ccccc2)c1. The van der Waals surface area contributed by atoms with Crippen molar-refractivity contribution in [3.63, 3.8) is 0 Å². The molecule has 0 spiro atoms. The van der Waals surface area contributed by atoms with Crippen molar-refractivity contribution >= 4 is 57.2 Å². The second-order valence-corrected chi connectivity index (χ2v) is 20.4. The minimum Gasteiger partial charge on any atom is -0.311 e. The van der Waals surface area contributed by atoms with Gasteiger partial charge in [0.1, 0.15) is 0 Å². The number of fused-ring (bicyclic) bond motifs is 4. The lowest BCUT2D eigenvalue weighted by molar-refractivity contribution is 0.590. The molecule has 66 heavy (non-hydrogen) atoms. The lowest BCUT2D eigenvalue weighted by Gasteiger charge is -2.45. The molecule has 0 atom stereocenters. The van der Waals surface area contributed by atoms with Crippen LogP contribution >= 0.6 is 0 Å². The van der Waals surface area contributed by atoms with Gasteiger partial charge in [-0.05, 0) is 156 Å². The van der Waals surface area contributed by atoms with Crippen LogP contribution in [0.4, 0.5) is 34.1 Å². The van der Waals surface area contributed by atoms with Crippen LogP contribution in [0.15, 0.2) is 206 Å². The van der Waals surface area contributed by atoms with Crippen molar-refractivity contribution in [2.75, 3.05) is 9.80 Å². The van der Waals surface area contributed by atoms with Gasteiger partial charge in [0.05, 0.1) is 0 Å². The fourth-order valence-corrected chi connectivity index (χ4v) is 10.3. The van der Waals surface area contributed by atoms with Crippen LogP contribution in [-0.4, -0.2) is 6.71 Å². The Balaban J connectivity index is 1.23. The largest absolute Gasteiger partial charge is 0.311 e. The molecule has 9 aromatic carbocycles. The van der Waals surface area contributed by atoms with E-state index in [0.29, 0.717) is 0 Å². The van der Waals surface area contributed by atoms with E-state index in [4.69, 9.17) is 0 Å². The van der Waals surface area contributed by atoms with Gasteiger partial charge in [0.2, 0.25) is 0 Å². The second-order valence-electron chi connectivity index (χ2n) is 20.4. The summed E-state index contributed by atoms with van der Waals surface area (Å²) in [7, 11) is 0. The number of nitrogens with zero attached hydrogens (tertiary/aromatic N) is 2. The lowest BCUT2D eigenvalue weighted by atomic mass is 9.33. The van der Waals surface area contributed by atoms with Crippen molar-refractivity contribution < 1.29 is 0 Å². The number of anilines is 6. The minimum absolute atomic E-state index is 0.00735. The first kappa shape index (κ1) is 41.4. The van der Waals surface area contributed by atoms with E-state index in [1.165, 1.54) is 100 Å². The lowest BCUT2D eigenvalue weighted by Crippen LogP contribution is -2.61. The van der Waals surface area contributed by atoms with Gasteiger partial charge in [0.25, 0.3) is 6.71 Å². The number of aryl methyl sites for hydroxylation is 1. The van der Waals surface area contributed by atoms with E-state index >= 15 is 0 Å². The van der Waals surface area contributed by atoms with Crippen molar-refractivity contribution in [3.05, 3.63) is 223 Å². The van der Waals surface area contributed by atoms with Crippen LogP contribution in [-0.2, 0) is 10.8 Å². The maximum Gasteiger partial charge on any atom is 0.252 e. The van der Waals surface area contributed by atoms with E-state index in [-0.39, 0.29) is 17.5 Å². The molecule has 0 radical (unpaired) electrons. The van der Waals surface area contributed by atoms with Crippen LogP contribution in [0.5, 0.6) is 0 Å². The predicted molar refractivity (Wildman–Crippen MR) is 284 cm³/mol. The molecule has 3 heteroatoms. The third-order valence-corrected chi connectivity index (χ3v) is 13.7. The van der Waals surface area contributed by atoms with Gasteiger partial charge in [-0.25, -0.2) is 0 Å². The Kier molecular flexibility index (Phi) is 10.0. The molecule has 2 nitrogen and oxygen atoms in total. The molecule has 0 unspecified atom stereocenters. The predicted octanol–water partition coefficient (Wildman–Crippen LogP) is 15.3. The molecule has 2 aliphatic rings. The van der Waals surface area contributed by atoms with E-state index in [1.54, 1.807) is 0 Å². The molecule has 0 amide bonds. The summed E-state index contributed by atoms with van der Waals surface area (Å²) in [4.78, 5) is 5.18. The highest BCUT2D eigenvalue weighted by atomic mass is 15.2. The van der Waals surface area contributed by atoms with Crippen molar-refractivity contribution in [3.8, 4) is 44.5 Å². The Bertz CT molecular complexity index is 2940. The molecule has 0 saturated heterocycles. The maximum absolute atomic E-state index is 2.59. The zero-order valence-corrected chi connectivity index (χ0v) is 39.1. The molecular weight excluding hydrogens is 796 g/mol. The van der Waals surface area contributed by atoms with Gasteiger partial charge in [0, 0.05) is 34.1 Å². The quantitative estimate of drug-likeness (QED) is 0.154. The van der Waals surface area contributed by atoms with E-state index < -0.39 is 0 Å². The summed E-state index contributed by atoms with van der Waals surface area (Å²) in [5.41, 5.74) is 24.5. The second kappa shape index (κ2) is 16.0. The smallest absolute Gasteiger partial charge is 0.252 e. The first-order valence-electron chi connectivity index (χ1n) is 23.4. The maximum atomic E-state index is 2.59. The van der Waals surface area contributed by atoms with E-state index in [9.17, 15) is 0 Å². The van der Waals surface area contributed by atoms with Crippen LogP contribution in [0, 0.1) is 6.92 Å². The topological polar surface area (TPSA) is 6.48 Å². The van der Waals surface area contributed by atoms with Crippen LogP contribution < -0.4 is 26.2 Å². The summed E-state index contributed by atoms with van der Waals surface area (Å²) >= 11 is 0. The molecule has 0 aromatic heterocycles. The Labute approximate surface area is 392 Å². The molecule has 11 rings (SSSR count). The van der Waals surface area contributed by atoms with E-state index in [2.05, 4.69) is 265 Å². The Morgan fingerprint density at radius 2 is 0.636 bits per heavy atom. The summed E-state index contributed by atoms with van der Waals surface area (Å²) < 4.78 is 0. The number of hydrogen-bond donors (Lipinski definition) is 0. The monoisotopic (exact) mass is 850 g/mol. The first-order chi connectivity index (χ1) is 31.9. The van der Waals surface area contributed by atoms with Gasteiger partial charge < -0.3 is 9.80 Å². The van der Waals surface area contributed by atoms with Gasteiger partial charge in [-0.1, -0.05) is 187 Å². The first-order valence-corrected chi connectivity index (χ1v) is 23.4. The zero-order valence-electron chi connectivity index (χ0n) is 39.1. The molecule has 9 aromatic rings. The van der Waals surface area contributed by atoms with E-state index in [1.807, 2.05) is 0 Å². The molecule has 0 N–H and O–H groups in total. The average Bonchev–Trinajstić information content (AvgIpc) is 3.33. The fraction of sp³-hybridized carbons (Fsp3) is 0.143. The molecule has 2 aliphatic heterocycles. The molecule has 0 fully saturated rings. The summed E-state index contributed by atoms with van der Waals surface area (Å²) in [6.07, 6.45) is 0. The van der Waals surface area contributed by atoms with Gasteiger partial charge in [-0.3, -0.25) is 0 Å². The van der Waals surface area contributed by atoms with Crippen LogP contribution in [0.2, 0.25) is 0 Å². The van der Waals surface area contributed by atoms with Crippen molar-refractivity contribution in [1.29, 1.82) is 0 Å². The number of rotatable bonds is 6. The number of hydrogen-bond acceptors (Lipinski definition) is 2. The molecule has 0 aliphatic carbocycles. The van der Waals surface area contributed by atoms with Crippen molar-refractivity contribution in [2.24, 2.45) is 0 Å². The summed E-state index contributed by atoms with van der Waals surface area (Å²) in [5.74, 6) is 0. The molecule has 2 heterocycles. The highest BCUT2D eigenvalue weighted by molar-refractivity contribution is 7.00. The average molecular weight is 851 g/mol. The normalized spacial score (nSPS) is 13.0. The van der Waals surface area contributed by atoms with Crippen molar-refractivity contribution in [1.82, 2.24) is 0 Å². The summed E-state index contributed by atoms with van der Waals surface area (Å²) in [5, 5.41) is 0. The Morgan fingerprint density at radius 1 is 0.318 bits per heavy atom. The van der Waals surface area contributed by atoms with E-state index in [0.717, 1.165) is 11.4 Å². The minimum atomic E-state index is -0.0526. The molecule has 320 valence electrons. The third-order valence-electron chi connectivity index (χ3n) is 13.7. The van der Waals surface area contributed by atoms with Gasteiger partial charge in [0.15, 0.2) is 0 Å². The molecular formula is C63H55BN2. The summed E-state index contributed by atoms with van der Waals surface area (Å²) in [6.45, 7) is 16.3. The van der Waals surface area contributed by atoms with Crippen LogP contribution in [0.3, 0.4) is 0 Å². The highest BCUT2D eigenvalue weighted by Crippen LogP contribution is 2.48. The Morgan fingerprint density at radius 3 is 0.939 bits per heavy atom. The molecule has 0 saturated carbocycles. The number of benzene rings is 9. The third kappa shape index (κ3) is 7.33. The zero-order chi connectivity index (χ0) is 45.3. The highest BCUT2D eigenvalue weighted by Gasteiger charge is 2.44. The van der Waals surface area contributed by atoms with Crippen LogP contribution in [0.25, 0.3) is 44.5 Å². The van der Waals surface area contributed by atoms with Gasteiger partial charge in [-0.15, -0.1) is 0 Å². The van der Waals surface area contributed by atoms with Crippen molar-refractivity contribution in [2.45, 2.75) is 59.3 Å². The van der Waals surface area contributed by atoms with Gasteiger partial charge in [-0.2, -0.15) is 0 Å². The summed E-state index contributed by atoms with van der Waals surface area (Å²) in [6, 6.07) is 77.3. The van der Waals surface area contributed by atoms with Gasteiger partial charge >= 0.3 is 0 Å². The standard InChI is InChI=1S/C63H55BN2/c1-42-32-59-61-60(33-42)66(54-38-49(45-24-16-10-17-25-45)35-50(39-54)46-26-18-11-19-27-46)58-41-52(63(5,6)7)29-31-56(58)64(61)55-30-28-51(62(2,3)4)40-57(55)65(59)53-36-47(43-20-12-8-13-21-43)34-48(37-53)44-22-14-9-15-23-44/h8-41H,1-7H3. The Hall–Kier alpha value is -7.36. The molecule has 0 bridgehead atoms.